The Bertz CT molecular complexity index is 87.0. The zero-order valence-electron chi connectivity index (χ0n) is 9.15. The lowest BCUT2D eigenvalue weighted by Crippen LogP contribution is -1.89. The van der Waals surface area contributed by atoms with Gasteiger partial charge in [-0.25, -0.2) is 0 Å². The predicted molar refractivity (Wildman–Crippen MR) is 56.3 cm³/mol. The molecule has 0 saturated carbocycles. The van der Waals surface area contributed by atoms with Gasteiger partial charge in [0.15, 0.2) is 0 Å². The highest BCUT2D eigenvalue weighted by Gasteiger charge is 1.85. The van der Waals surface area contributed by atoms with Crippen LogP contribution in [0.15, 0.2) is 12.3 Å². The Morgan fingerprint density at radius 2 is 1.67 bits per heavy atom. The summed E-state index contributed by atoms with van der Waals surface area (Å²) in [6.45, 7) is 12.8. The standard InChI is InChI=1S/C8H16O.C3H8/c1-4-5-6-7-9-8(2)3;1-3-2/h2,4-7H2,1,3H3;3H2,1-2H3. The molecule has 0 amide bonds. The second-order valence-corrected chi connectivity index (χ2v) is 2.96. The van der Waals surface area contributed by atoms with E-state index in [2.05, 4.69) is 27.4 Å². The topological polar surface area (TPSA) is 9.23 Å². The third-order valence-electron chi connectivity index (χ3n) is 1.10. The molecule has 0 aliphatic carbocycles. The fourth-order valence-corrected chi connectivity index (χ4v) is 0.598. The molecule has 0 saturated heterocycles. The third kappa shape index (κ3) is 22.7. The first-order valence-corrected chi connectivity index (χ1v) is 4.97. The number of rotatable bonds is 5. The van der Waals surface area contributed by atoms with Crippen LogP contribution in [0.2, 0.25) is 0 Å². The summed E-state index contributed by atoms with van der Waals surface area (Å²) >= 11 is 0. The molecule has 0 rings (SSSR count). The van der Waals surface area contributed by atoms with Gasteiger partial charge in [0.1, 0.15) is 0 Å². The molecule has 1 heteroatoms. The minimum Gasteiger partial charge on any atom is -0.499 e. The van der Waals surface area contributed by atoms with E-state index in [9.17, 15) is 0 Å². The van der Waals surface area contributed by atoms with Crippen LogP contribution in [0.5, 0.6) is 0 Å². The summed E-state index contributed by atoms with van der Waals surface area (Å²) in [7, 11) is 0. The van der Waals surface area contributed by atoms with Crippen LogP contribution in [0.3, 0.4) is 0 Å². The van der Waals surface area contributed by atoms with Gasteiger partial charge in [-0.2, -0.15) is 0 Å². The van der Waals surface area contributed by atoms with Gasteiger partial charge in [-0.3, -0.25) is 0 Å². The maximum Gasteiger partial charge on any atom is 0.0876 e. The number of ether oxygens (including phenoxy) is 1. The van der Waals surface area contributed by atoms with Crippen molar-refractivity contribution in [1.29, 1.82) is 0 Å². The maximum absolute atomic E-state index is 5.15. The molecule has 74 valence electrons. The average Bonchev–Trinajstić information content (AvgIpc) is 1.99. The molecule has 0 aromatic rings. The van der Waals surface area contributed by atoms with Crippen LogP contribution in [0.25, 0.3) is 0 Å². The van der Waals surface area contributed by atoms with Crippen molar-refractivity contribution in [3.05, 3.63) is 12.3 Å². The third-order valence-corrected chi connectivity index (χ3v) is 1.10. The van der Waals surface area contributed by atoms with Crippen LogP contribution in [0, 0.1) is 0 Å². The second kappa shape index (κ2) is 13.2. The van der Waals surface area contributed by atoms with E-state index in [1.54, 1.807) is 0 Å². The number of hydrogen-bond acceptors (Lipinski definition) is 1. The Morgan fingerprint density at radius 3 is 2.00 bits per heavy atom. The summed E-state index contributed by atoms with van der Waals surface area (Å²) in [5.41, 5.74) is 0. The van der Waals surface area contributed by atoms with E-state index < -0.39 is 0 Å². The fourth-order valence-electron chi connectivity index (χ4n) is 0.598. The molecule has 0 fully saturated rings. The van der Waals surface area contributed by atoms with E-state index in [0.717, 1.165) is 18.8 Å². The fraction of sp³-hybridized carbons (Fsp3) is 0.818. The molecule has 0 unspecified atom stereocenters. The molecule has 0 aliphatic rings. The summed E-state index contributed by atoms with van der Waals surface area (Å²) in [6.07, 6.45) is 4.91. The molecule has 0 atom stereocenters. The molecule has 0 aromatic carbocycles. The maximum atomic E-state index is 5.15. The van der Waals surface area contributed by atoms with Gasteiger partial charge >= 0.3 is 0 Å². The largest absolute Gasteiger partial charge is 0.499 e. The SMILES string of the molecule is C=C(C)OCCCCC.CCC. The van der Waals surface area contributed by atoms with Gasteiger partial charge in [0.2, 0.25) is 0 Å². The molecule has 0 aromatic heterocycles. The Hall–Kier alpha value is -0.460. The molecule has 0 spiro atoms. The molecule has 12 heavy (non-hydrogen) atoms. The highest BCUT2D eigenvalue weighted by Crippen LogP contribution is 1.97. The lowest BCUT2D eigenvalue weighted by Gasteiger charge is -2.02. The van der Waals surface area contributed by atoms with Crippen molar-refractivity contribution in [3.8, 4) is 0 Å². The van der Waals surface area contributed by atoms with Crippen LogP contribution in [0.1, 0.15) is 53.4 Å². The van der Waals surface area contributed by atoms with Crippen molar-refractivity contribution in [1.82, 2.24) is 0 Å². The summed E-state index contributed by atoms with van der Waals surface area (Å²) in [5.74, 6) is 0.825. The molecule has 0 aliphatic heterocycles. The highest BCUT2D eigenvalue weighted by atomic mass is 16.5. The molecular formula is C11H24O. The zero-order chi connectivity index (χ0) is 9.82. The Labute approximate surface area is 77.8 Å². The van der Waals surface area contributed by atoms with Crippen molar-refractivity contribution in [2.24, 2.45) is 0 Å². The Balaban J connectivity index is 0. The van der Waals surface area contributed by atoms with E-state index in [1.165, 1.54) is 19.3 Å². The number of unbranched alkanes of at least 4 members (excludes halogenated alkanes) is 2. The van der Waals surface area contributed by atoms with Gasteiger partial charge in [-0.15, -0.1) is 0 Å². The van der Waals surface area contributed by atoms with Gasteiger partial charge in [0, 0.05) is 0 Å². The number of hydrogen-bond donors (Lipinski definition) is 0. The first-order valence-electron chi connectivity index (χ1n) is 4.97. The molecule has 0 N–H and O–H groups in total. The van der Waals surface area contributed by atoms with Gasteiger partial charge in [0.25, 0.3) is 0 Å². The van der Waals surface area contributed by atoms with Crippen molar-refractivity contribution >= 4 is 0 Å². The first kappa shape index (κ1) is 14.1. The van der Waals surface area contributed by atoms with E-state index in [0.29, 0.717) is 0 Å². The van der Waals surface area contributed by atoms with E-state index in [-0.39, 0.29) is 0 Å². The Kier molecular flexibility index (Phi) is 15.4. The van der Waals surface area contributed by atoms with Gasteiger partial charge in [0.05, 0.1) is 12.4 Å². The van der Waals surface area contributed by atoms with Gasteiger partial charge in [-0.1, -0.05) is 46.6 Å². The van der Waals surface area contributed by atoms with Crippen LogP contribution in [0.4, 0.5) is 0 Å². The first-order chi connectivity index (χ1) is 5.68. The smallest absolute Gasteiger partial charge is 0.0876 e. The summed E-state index contributed by atoms with van der Waals surface area (Å²) in [6, 6.07) is 0. The normalized spacial score (nSPS) is 8.33. The second-order valence-electron chi connectivity index (χ2n) is 2.96. The Morgan fingerprint density at radius 1 is 1.17 bits per heavy atom. The van der Waals surface area contributed by atoms with Crippen molar-refractivity contribution < 1.29 is 4.74 Å². The van der Waals surface area contributed by atoms with E-state index in [4.69, 9.17) is 4.74 Å². The van der Waals surface area contributed by atoms with Gasteiger partial charge < -0.3 is 4.74 Å². The summed E-state index contributed by atoms with van der Waals surface area (Å²) in [5, 5.41) is 0. The molecular weight excluding hydrogens is 148 g/mol. The van der Waals surface area contributed by atoms with Crippen molar-refractivity contribution in [2.75, 3.05) is 6.61 Å². The number of allylic oxidation sites excluding steroid dienone is 1. The highest BCUT2D eigenvalue weighted by molar-refractivity contribution is 4.72. The molecule has 0 bridgehead atoms. The van der Waals surface area contributed by atoms with Crippen LogP contribution in [-0.4, -0.2) is 6.61 Å². The molecule has 1 nitrogen and oxygen atoms in total. The van der Waals surface area contributed by atoms with E-state index in [1.807, 2.05) is 6.92 Å². The van der Waals surface area contributed by atoms with Crippen molar-refractivity contribution in [3.63, 3.8) is 0 Å². The van der Waals surface area contributed by atoms with E-state index >= 15 is 0 Å². The monoisotopic (exact) mass is 172 g/mol. The minimum absolute atomic E-state index is 0.825. The summed E-state index contributed by atoms with van der Waals surface area (Å²) in [4.78, 5) is 0. The lowest BCUT2D eigenvalue weighted by atomic mass is 10.3. The van der Waals surface area contributed by atoms with Gasteiger partial charge in [-0.05, 0) is 13.3 Å². The molecule has 0 heterocycles. The average molecular weight is 172 g/mol. The molecule has 0 radical (unpaired) electrons. The minimum atomic E-state index is 0.825. The van der Waals surface area contributed by atoms with Crippen molar-refractivity contribution in [2.45, 2.75) is 53.4 Å². The lowest BCUT2D eigenvalue weighted by molar-refractivity contribution is 0.209. The zero-order valence-corrected chi connectivity index (χ0v) is 9.15. The van der Waals surface area contributed by atoms with Crippen LogP contribution in [-0.2, 0) is 4.74 Å². The summed E-state index contributed by atoms with van der Waals surface area (Å²) < 4.78 is 5.15. The quantitative estimate of drug-likeness (QED) is 0.447. The predicted octanol–water partition coefficient (Wildman–Crippen LogP) is 4.14. The van der Waals surface area contributed by atoms with Crippen LogP contribution >= 0.6 is 0 Å². The van der Waals surface area contributed by atoms with Crippen LogP contribution < -0.4 is 0 Å².